The molecule has 0 atom stereocenters. The van der Waals surface area contributed by atoms with Crippen molar-refractivity contribution >= 4 is 0 Å². The van der Waals surface area contributed by atoms with Crippen LogP contribution in [0.25, 0.3) is 11.3 Å². The molecular formula is C14H18N4O. The summed E-state index contributed by atoms with van der Waals surface area (Å²) in [5.74, 6) is 0.881. The Morgan fingerprint density at radius 2 is 2.26 bits per heavy atom. The number of rotatable bonds is 5. The summed E-state index contributed by atoms with van der Waals surface area (Å²) in [5, 5.41) is 11.5. The van der Waals surface area contributed by atoms with Crippen molar-refractivity contribution in [1.82, 2.24) is 20.3 Å². The number of nitrogens with zero attached hydrogens (tertiary/aromatic N) is 3. The number of aromatic nitrogens is 3. The van der Waals surface area contributed by atoms with Crippen LogP contribution in [-0.2, 0) is 13.6 Å². The molecule has 0 radical (unpaired) electrons. The third-order valence-electron chi connectivity index (χ3n) is 3.46. The van der Waals surface area contributed by atoms with Gasteiger partial charge in [-0.25, -0.2) is 4.68 Å². The van der Waals surface area contributed by atoms with E-state index in [2.05, 4.69) is 27.8 Å². The van der Waals surface area contributed by atoms with Crippen molar-refractivity contribution in [3.8, 4) is 17.0 Å². The van der Waals surface area contributed by atoms with Crippen LogP contribution >= 0.6 is 0 Å². The molecule has 1 N–H and O–H groups in total. The highest BCUT2D eigenvalue weighted by Crippen LogP contribution is 2.27. The van der Waals surface area contributed by atoms with Gasteiger partial charge in [-0.2, -0.15) is 0 Å². The van der Waals surface area contributed by atoms with Crippen molar-refractivity contribution in [3.63, 3.8) is 0 Å². The van der Waals surface area contributed by atoms with Crippen molar-refractivity contribution < 1.29 is 4.74 Å². The van der Waals surface area contributed by atoms with Gasteiger partial charge in [-0.15, -0.1) is 5.10 Å². The molecule has 0 aliphatic heterocycles. The van der Waals surface area contributed by atoms with Crippen LogP contribution in [0.15, 0.2) is 24.4 Å². The van der Waals surface area contributed by atoms with Crippen LogP contribution in [0, 0.1) is 0 Å². The summed E-state index contributed by atoms with van der Waals surface area (Å²) in [6.45, 7) is 0.850. The smallest absolute Gasteiger partial charge is 0.119 e. The van der Waals surface area contributed by atoms with E-state index in [1.165, 1.54) is 18.4 Å². The maximum Gasteiger partial charge on any atom is 0.119 e. The van der Waals surface area contributed by atoms with Gasteiger partial charge in [0, 0.05) is 25.2 Å². The second-order valence-corrected chi connectivity index (χ2v) is 4.92. The summed E-state index contributed by atoms with van der Waals surface area (Å²) in [7, 11) is 3.60. The molecule has 0 bridgehead atoms. The van der Waals surface area contributed by atoms with Crippen LogP contribution in [-0.4, -0.2) is 28.1 Å². The van der Waals surface area contributed by atoms with E-state index in [-0.39, 0.29) is 0 Å². The van der Waals surface area contributed by atoms with Crippen molar-refractivity contribution in [2.75, 3.05) is 7.11 Å². The molecule has 1 aromatic heterocycles. The highest BCUT2D eigenvalue weighted by molar-refractivity contribution is 5.64. The predicted molar refractivity (Wildman–Crippen MR) is 72.9 cm³/mol. The second-order valence-electron chi connectivity index (χ2n) is 4.92. The Balaban J connectivity index is 1.94. The minimum absolute atomic E-state index is 0.684. The number of methoxy groups -OCH3 is 1. The predicted octanol–water partition coefficient (Wildman–Crippen LogP) is 1.74. The Morgan fingerprint density at radius 3 is 2.89 bits per heavy atom. The SMILES string of the molecule is COc1ccc(-c2cnnn2C)c(CNC2CC2)c1. The molecule has 0 unspecified atom stereocenters. The molecule has 0 saturated heterocycles. The van der Waals surface area contributed by atoms with E-state index in [9.17, 15) is 0 Å². The van der Waals surface area contributed by atoms with Gasteiger partial charge < -0.3 is 10.1 Å². The monoisotopic (exact) mass is 258 g/mol. The van der Waals surface area contributed by atoms with E-state index in [1.54, 1.807) is 18.0 Å². The maximum atomic E-state index is 5.31. The molecule has 0 spiro atoms. The van der Waals surface area contributed by atoms with Crippen molar-refractivity contribution in [2.45, 2.75) is 25.4 Å². The van der Waals surface area contributed by atoms with Gasteiger partial charge in [-0.3, -0.25) is 0 Å². The van der Waals surface area contributed by atoms with E-state index < -0.39 is 0 Å². The molecule has 5 heteroatoms. The summed E-state index contributed by atoms with van der Waals surface area (Å²) in [6.07, 6.45) is 4.36. The first kappa shape index (κ1) is 12.2. The molecule has 1 fully saturated rings. The summed E-state index contributed by atoms with van der Waals surface area (Å²) >= 11 is 0. The van der Waals surface area contributed by atoms with Gasteiger partial charge in [0.15, 0.2) is 0 Å². The Kier molecular flexibility index (Phi) is 3.21. The molecule has 3 rings (SSSR count). The quantitative estimate of drug-likeness (QED) is 0.887. The van der Waals surface area contributed by atoms with Gasteiger partial charge in [-0.1, -0.05) is 5.21 Å². The summed E-state index contributed by atoms with van der Waals surface area (Å²) < 4.78 is 7.11. The summed E-state index contributed by atoms with van der Waals surface area (Å²) in [5.41, 5.74) is 3.40. The Bertz CT molecular complexity index is 575. The van der Waals surface area contributed by atoms with E-state index in [0.717, 1.165) is 23.6 Å². The zero-order chi connectivity index (χ0) is 13.2. The lowest BCUT2D eigenvalue weighted by Gasteiger charge is -2.12. The van der Waals surface area contributed by atoms with E-state index in [1.807, 2.05) is 13.1 Å². The van der Waals surface area contributed by atoms with Gasteiger partial charge >= 0.3 is 0 Å². The van der Waals surface area contributed by atoms with Gasteiger partial charge in [0.05, 0.1) is 19.0 Å². The van der Waals surface area contributed by atoms with Gasteiger partial charge in [0.2, 0.25) is 0 Å². The first-order chi connectivity index (χ1) is 9.28. The zero-order valence-electron chi connectivity index (χ0n) is 11.3. The lowest BCUT2D eigenvalue weighted by Crippen LogP contribution is -2.16. The zero-order valence-corrected chi connectivity index (χ0v) is 11.3. The fraction of sp³-hybridized carbons (Fsp3) is 0.429. The average Bonchev–Trinajstić information content (AvgIpc) is 3.17. The van der Waals surface area contributed by atoms with Crippen LogP contribution in [0.5, 0.6) is 5.75 Å². The third-order valence-corrected chi connectivity index (χ3v) is 3.46. The van der Waals surface area contributed by atoms with E-state index >= 15 is 0 Å². The maximum absolute atomic E-state index is 5.31. The fourth-order valence-electron chi connectivity index (χ4n) is 2.17. The second kappa shape index (κ2) is 5.01. The van der Waals surface area contributed by atoms with E-state index in [0.29, 0.717) is 6.04 Å². The molecule has 100 valence electrons. The third kappa shape index (κ3) is 2.61. The van der Waals surface area contributed by atoms with Crippen LogP contribution in [0.2, 0.25) is 0 Å². The average molecular weight is 258 g/mol. The molecule has 1 saturated carbocycles. The number of nitrogens with one attached hydrogen (secondary N) is 1. The minimum atomic E-state index is 0.684. The standard InChI is InChI=1S/C14H18N4O/c1-18-14(9-16-17-18)13-6-5-12(19-2)7-10(13)8-15-11-3-4-11/h5-7,9,11,15H,3-4,8H2,1-2H3. The number of hydrogen-bond acceptors (Lipinski definition) is 4. The molecule has 1 heterocycles. The molecule has 0 amide bonds. The highest BCUT2D eigenvalue weighted by atomic mass is 16.5. The van der Waals surface area contributed by atoms with Crippen LogP contribution in [0.4, 0.5) is 0 Å². The molecule has 1 aliphatic carbocycles. The molecule has 1 aromatic carbocycles. The Labute approximate surface area is 112 Å². The summed E-state index contributed by atoms with van der Waals surface area (Å²) in [6, 6.07) is 6.81. The van der Waals surface area contributed by atoms with E-state index in [4.69, 9.17) is 4.74 Å². The van der Waals surface area contributed by atoms with Gasteiger partial charge in [0.25, 0.3) is 0 Å². The lowest BCUT2D eigenvalue weighted by molar-refractivity contribution is 0.414. The number of ether oxygens (including phenoxy) is 1. The molecule has 1 aliphatic rings. The normalized spacial score (nSPS) is 14.6. The number of benzene rings is 1. The lowest BCUT2D eigenvalue weighted by atomic mass is 10.0. The first-order valence-corrected chi connectivity index (χ1v) is 6.53. The first-order valence-electron chi connectivity index (χ1n) is 6.53. The van der Waals surface area contributed by atoms with Gasteiger partial charge in [0.1, 0.15) is 5.75 Å². The topological polar surface area (TPSA) is 52.0 Å². The fourth-order valence-corrected chi connectivity index (χ4v) is 2.17. The van der Waals surface area contributed by atoms with Gasteiger partial charge in [-0.05, 0) is 36.6 Å². The molecule has 19 heavy (non-hydrogen) atoms. The largest absolute Gasteiger partial charge is 0.497 e. The number of hydrogen-bond donors (Lipinski definition) is 1. The molecule has 5 nitrogen and oxygen atoms in total. The molecule has 2 aromatic rings. The van der Waals surface area contributed by atoms with Crippen LogP contribution in [0.3, 0.4) is 0 Å². The molecular weight excluding hydrogens is 240 g/mol. The van der Waals surface area contributed by atoms with Crippen LogP contribution in [0.1, 0.15) is 18.4 Å². The minimum Gasteiger partial charge on any atom is -0.497 e. The highest BCUT2D eigenvalue weighted by Gasteiger charge is 2.21. The van der Waals surface area contributed by atoms with Crippen molar-refractivity contribution in [1.29, 1.82) is 0 Å². The Morgan fingerprint density at radius 1 is 1.42 bits per heavy atom. The van der Waals surface area contributed by atoms with Crippen molar-refractivity contribution in [2.24, 2.45) is 7.05 Å². The van der Waals surface area contributed by atoms with Crippen LogP contribution < -0.4 is 10.1 Å². The van der Waals surface area contributed by atoms with Crippen molar-refractivity contribution in [3.05, 3.63) is 30.0 Å². The number of aryl methyl sites for hydroxylation is 1. The Hall–Kier alpha value is -1.88. The summed E-state index contributed by atoms with van der Waals surface area (Å²) in [4.78, 5) is 0.